The Bertz CT molecular complexity index is 463. The van der Waals surface area contributed by atoms with Crippen molar-refractivity contribution in [3.05, 3.63) is 40.0 Å². The maximum absolute atomic E-state index is 6.04. The van der Waals surface area contributed by atoms with Crippen molar-refractivity contribution < 1.29 is 4.74 Å². The van der Waals surface area contributed by atoms with Crippen LogP contribution in [-0.2, 0) is 4.74 Å². The zero-order valence-corrected chi connectivity index (χ0v) is 10.7. The zero-order chi connectivity index (χ0) is 11.8. The number of ether oxygens (including phenoxy) is 1. The molecule has 0 N–H and O–H groups in total. The molecule has 2 nitrogen and oxygen atoms in total. The van der Waals surface area contributed by atoms with Gasteiger partial charge in [-0.25, -0.2) is 0 Å². The number of allylic oxidation sites excluding steroid dienone is 1. The second-order valence-corrected chi connectivity index (χ2v) is 5.10. The molecule has 0 aromatic heterocycles. The van der Waals surface area contributed by atoms with Crippen LogP contribution in [0.3, 0.4) is 0 Å². The zero-order valence-electron chi connectivity index (χ0n) is 9.95. The highest BCUT2D eigenvalue weighted by molar-refractivity contribution is 6.30. The first-order valence-electron chi connectivity index (χ1n) is 6.09. The van der Waals surface area contributed by atoms with Gasteiger partial charge in [0, 0.05) is 29.7 Å². The molecule has 1 unspecified atom stereocenters. The molecule has 1 atom stereocenters. The Morgan fingerprint density at radius 3 is 2.82 bits per heavy atom. The van der Waals surface area contributed by atoms with Crippen LogP contribution >= 0.6 is 11.6 Å². The third kappa shape index (κ3) is 1.96. The third-order valence-corrected chi connectivity index (χ3v) is 3.87. The van der Waals surface area contributed by atoms with Crippen molar-refractivity contribution >= 4 is 17.7 Å². The normalized spacial score (nSPS) is 23.5. The number of hydrogen-bond acceptors (Lipinski definition) is 2. The first kappa shape index (κ1) is 11.1. The maximum Gasteiger partial charge on any atom is 0.0642 e. The van der Waals surface area contributed by atoms with Gasteiger partial charge in [-0.2, -0.15) is 0 Å². The van der Waals surface area contributed by atoms with Crippen molar-refractivity contribution in [2.45, 2.75) is 12.8 Å². The van der Waals surface area contributed by atoms with Crippen molar-refractivity contribution in [2.75, 3.05) is 26.3 Å². The van der Waals surface area contributed by atoms with E-state index < -0.39 is 0 Å². The topological polar surface area (TPSA) is 12.5 Å². The van der Waals surface area contributed by atoms with Crippen LogP contribution in [0.5, 0.6) is 0 Å². The lowest BCUT2D eigenvalue weighted by Crippen LogP contribution is -2.36. The van der Waals surface area contributed by atoms with Crippen molar-refractivity contribution in [2.24, 2.45) is 0 Å². The summed E-state index contributed by atoms with van der Waals surface area (Å²) >= 11 is 6.04. The number of hydrogen-bond donors (Lipinski definition) is 0. The second kappa shape index (κ2) is 4.35. The summed E-state index contributed by atoms with van der Waals surface area (Å²) in [5, 5.41) is 0.815. The number of rotatable bonds is 1. The SMILES string of the molecule is CC1C(N2CCOCC2)=Cc2cc(Cl)ccc21. The lowest BCUT2D eigenvalue weighted by atomic mass is 10.0. The minimum absolute atomic E-state index is 0.473. The molecule has 0 bridgehead atoms. The van der Waals surface area contributed by atoms with Crippen molar-refractivity contribution in [1.29, 1.82) is 0 Å². The Balaban J connectivity index is 1.91. The molecule has 1 aliphatic heterocycles. The number of nitrogens with zero attached hydrogens (tertiary/aromatic N) is 1. The molecule has 17 heavy (non-hydrogen) atoms. The summed E-state index contributed by atoms with van der Waals surface area (Å²) < 4.78 is 5.40. The van der Waals surface area contributed by atoms with Gasteiger partial charge in [-0.3, -0.25) is 0 Å². The first-order valence-corrected chi connectivity index (χ1v) is 6.47. The quantitative estimate of drug-likeness (QED) is 0.758. The van der Waals surface area contributed by atoms with Crippen LogP contribution in [0.15, 0.2) is 23.9 Å². The summed E-state index contributed by atoms with van der Waals surface area (Å²) in [6.45, 7) is 5.93. The molecular weight excluding hydrogens is 234 g/mol. The fraction of sp³-hybridized carbons (Fsp3) is 0.429. The van der Waals surface area contributed by atoms with Gasteiger partial charge in [0.2, 0.25) is 0 Å². The van der Waals surface area contributed by atoms with E-state index in [1.807, 2.05) is 6.07 Å². The summed E-state index contributed by atoms with van der Waals surface area (Å²) in [6.07, 6.45) is 2.28. The van der Waals surface area contributed by atoms with E-state index in [9.17, 15) is 0 Å². The maximum atomic E-state index is 6.04. The predicted octanol–water partition coefficient (Wildman–Crippen LogP) is 3.13. The number of morpholine rings is 1. The number of benzene rings is 1. The molecule has 0 amide bonds. The molecule has 3 heteroatoms. The van der Waals surface area contributed by atoms with Gasteiger partial charge in [0.15, 0.2) is 0 Å². The molecule has 90 valence electrons. The third-order valence-electron chi connectivity index (χ3n) is 3.64. The summed E-state index contributed by atoms with van der Waals surface area (Å²) in [5.74, 6) is 0.473. The van der Waals surface area contributed by atoms with Gasteiger partial charge in [-0.1, -0.05) is 24.6 Å². The van der Waals surface area contributed by atoms with E-state index in [0.29, 0.717) is 5.92 Å². The van der Waals surface area contributed by atoms with Crippen LogP contribution < -0.4 is 0 Å². The van der Waals surface area contributed by atoms with E-state index in [1.165, 1.54) is 16.8 Å². The van der Waals surface area contributed by atoms with Gasteiger partial charge in [0.1, 0.15) is 0 Å². The highest BCUT2D eigenvalue weighted by atomic mass is 35.5. The fourth-order valence-electron chi connectivity index (χ4n) is 2.70. The Hall–Kier alpha value is -0.990. The van der Waals surface area contributed by atoms with Gasteiger partial charge >= 0.3 is 0 Å². The van der Waals surface area contributed by atoms with Gasteiger partial charge in [-0.05, 0) is 29.3 Å². The lowest BCUT2D eigenvalue weighted by Gasteiger charge is -2.32. The molecular formula is C14H16ClNO. The number of halogens is 1. The largest absolute Gasteiger partial charge is 0.378 e. The molecule has 1 aliphatic carbocycles. The van der Waals surface area contributed by atoms with Gasteiger partial charge in [0.25, 0.3) is 0 Å². The highest BCUT2D eigenvalue weighted by Crippen LogP contribution is 2.38. The summed E-state index contributed by atoms with van der Waals surface area (Å²) in [6, 6.07) is 6.18. The molecule has 1 heterocycles. The Kier molecular flexibility index (Phi) is 2.85. The molecule has 2 aliphatic rings. The molecule has 0 saturated carbocycles. The molecule has 3 rings (SSSR count). The fourth-order valence-corrected chi connectivity index (χ4v) is 2.88. The molecule has 1 fully saturated rings. The monoisotopic (exact) mass is 249 g/mol. The van der Waals surface area contributed by atoms with Gasteiger partial charge in [0.05, 0.1) is 13.2 Å². The van der Waals surface area contributed by atoms with Crippen LogP contribution in [-0.4, -0.2) is 31.2 Å². The molecule has 1 aromatic rings. The first-order chi connectivity index (χ1) is 8.25. The summed E-state index contributed by atoms with van der Waals surface area (Å²) in [5.41, 5.74) is 4.06. The predicted molar refractivity (Wildman–Crippen MR) is 70.2 cm³/mol. The van der Waals surface area contributed by atoms with E-state index in [4.69, 9.17) is 16.3 Å². The lowest BCUT2D eigenvalue weighted by molar-refractivity contribution is 0.0520. The van der Waals surface area contributed by atoms with E-state index in [0.717, 1.165) is 31.3 Å². The van der Waals surface area contributed by atoms with Crippen LogP contribution in [0.1, 0.15) is 24.0 Å². The second-order valence-electron chi connectivity index (χ2n) is 4.66. The summed E-state index contributed by atoms with van der Waals surface area (Å²) in [7, 11) is 0. The van der Waals surface area contributed by atoms with E-state index in [2.05, 4.69) is 30.0 Å². The molecule has 1 saturated heterocycles. The Morgan fingerprint density at radius 1 is 1.29 bits per heavy atom. The number of fused-ring (bicyclic) bond motifs is 1. The standard InChI is InChI=1S/C14H16ClNO/c1-10-13-3-2-12(15)8-11(13)9-14(10)16-4-6-17-7-5-16/h2-3,8-10H,4-7H2,1H3. The average Bonchev–Trinajstić information content (AvgIpc) is 2.67. The molecule has 0 spiro atoms. The van der Waals surface area contributed by atoms with Crippen LogP contribution in [0, 0.1) is 0 Å². The van der Waals surface area contributed by atoms with Gasteiger partial charge in [-0.15, -0.1) is 0 Å². The van der Waals surface area contributed by atoms with E-state index in [-0.39, 0.29) is 0 Å². The van der Waals surface area contributed by atoms with Crippen LogP contribution in [0.25, 0.3) is 6.08 Å². The van der Waals surface area contributed by atoms with Crippen molar-refractivity contribution in [3.63, 3.8) is 0 Å². The highest BCUT2D eigenvalue weighted by Gasteiger charge is 2.26. The minimum Gasteiger partial charge on any atom is -0.378 e. The van der Waals surface area contributed by atoms with Crippen LogP contribution in [0.2, 0.25) is 5.02 Å². The minimum atomic E-state index is 0.473. The van der Waals surface area contributed by atoms with Crippen molar-refractivity contribution in [3.8, 4) is 0 Å². The van der Waals surface area contributed by atoms with E-state index >= 15 is 0 Å². The van der Waals surface area contributed by atoms with Gasteiger partial charge < -0.3 is 9.64 Å². The molecule has 0 radical (unpaired) electrons. The molecule has 1 aromatic carbocycles. The van der Waals surface area contributed by atoms with Crippen LogP contribution in [0.4, 0.5) is 0 Å². The summed E-state index contributed by atoms with van der Waals surface area (Å²) in [4.78, 5) is 2.43. The smallest absolute Gasteiger partial charge is 0.0642 e. The van der Waals surface area contributed by atoms with E-state index in [1.54, 1.807) is 0 Å². The Labute approximate surface area is 107 Å². The average molecular weight is 250 g/mol. The van der Waals surface area contributed by atoms with Crippen molar-refractivity contribution in [1.82, 2.24) is 4.90 Å². The Morgan fingerprint density at radius 2 is 2.06 bits per heavy atom.